The van der Waals surface area contributed by atoms with Gasteiger partial charge in [0.25, 0.3) is 0 Å². The Hall–Kier alpha value is -0.750. The van der Waals surface area contributed by atoms with E-state index in [1.807, 2.05) is 30.5 Å². The molecule has 4 nitrogen and oxygen atoms in total. The second-order valence-electron chi connectivity index (χ2n) is 4.36. The van der Waals surface area contributed by atoms with Gasteiger partial charge in [-0.15, -0.1) is 0 Å². The zero-order valence-corrected chi connectivity index (χ0v) is 12.0. The first-order valence-electron chi connectivity index (χ1n) is 6.58. The van der Waals surface area contributed by atoms with Gasteiger partial charge in [-0.05, 0) is 37.0 Å². The third-order valence-corrected chi connectivity index (χ3v) is 3.15. The molecule has 0 saturated carbocycles. The predicted octanol–water partition coefficient (Wildman–Crippen LogP) is 3.36. The molecule has 0 N–H and O–H groups in total. The molecule has 0 aromatic heterocycles. The van der Waals surface area contributed by atoms with Crippen molar-refractivity contribution in [3.05, 3.63) is 29.8 Å². The summed E-state index contributed by atoms with van der Waals surface area (Å²) in [5.41, 5.74) is 1.20. The van der Waals surface area contributed by atoms with Crippen LogP contribution in [0.2, 0.25) is 0 Å². The Bertz CT molecular complexity index is 349. The Labute approximate surface area is 118 Å². The average molecular weight is 284 g/mol. The zero-order chi connectivity index (χ0) is 13.3. The van der Waals surface area contributed by atoms with Crippen LogP contribution in [0.3, 0.4) is 0 Å². The lowest BCUT2D eigenvalue weighted by molar-refractivity contribution is -0.189. The van der Waals surface area contributed by atoms with Crippen molar-refractivity contribution in [2.45, 2.75) is 32.0 Å². The first kappa shape index (κ1) is 14.7. The Balaban J connectivity index is 1.74. The first-order chi connectivity index (χ1) is 9.38. The molecule has 0 aliphatic carbocycles. The van der Waals surface area contributed by atoms with Gasteiger partial charge in [0, 0.05) is 24.7 Å². The van der Waals surface area contributed by atoms with Crippen molar-refractivity contribution < 1.29 is 18.7 Å². The number of ether oxygens (including phenoxy) is 2. The van der Waals surface area contributed by atoms with Gasteiger partial charge in [-0.1, -0.05) is 12.1 Å². The smallest absolute Gasteiger partial charge is 0.199 e. The molecule has 1 heterocycles. The molecular weight excluding hydrogens is 264 g/mol. The monoisotopic (exact) mass is 284 g/mol. The van der Waals surface area contributed by atoms with E-state index in [-0.39, 0.29) is 6.29 Å². The van der Waals surface area contributed by atoms with Gasteiger partial charge in [-0.2, -0.15) is 4.33 Å². The Kier molecular flexibility index (Phi) is 6.50. The number of rotatable bonds is 7. The maximum Gasteiger partial charge on any atom is 0.199 e. The van der Waals surface area contributed by atoms with Crippen LogP contribution in [0.25, 0.3) is 0 Å². The maximum absolute atomic E-state index is 5.77. The minimum atomic E-state index is -0.0853. The molecule has 0 amide bonds. The van der Waals surface area contributed by atoms with Crippen molar-refractivity contribution in [3.8, 4) is 5.75 Å². The van der Waals surface area contributed by atoms with Crippen LogP contribution in [0.5, 0.6) is 5.75 Å². The van der Waals surface area contributed by atoms with Crippen molar-refractivity contribution in [1.29, 1.82) is 0 Å². The summed E-state index contributed by atoms with van der Waals surface area (Å²) in [6.07, 6.45) is 5.84. The van der Waals surface area contributed by atoms with Crippen molar-refractivity contribution in [2.75, 3.05) is 19.5 Å². The number of hydrogen-bond acceptors (Lipinski definition) is 5. The van der Waals surface area contributed by atoms with Crippen molar-refractivity contribution in [1.82, 2.24) is 0 Å². The van der Waals surface area contributed by atoms with E-state index in [1.165, 1.54) is 24.0 Å². The highest BCUT2D eigenvalue weighted by Crippen LogP contribution is 2.19. The predicted molar refractivity (Wildman–Crippen MR) is 74.9 cm³/mol. The standard InChI is InChI=1S/C14H20O4S/c1-19-18-16-11-9-12-5-7-13(8-6-12)17-14-4-2-3-10-15-14/h5-8,14H,2-4,9-11H2,1H3. The van der Waals surface area contributed by atoms with Gasteiger partial charge >= 0.3 is 0 Å². The first-order valence-corrected chi connectivity index (χ1v) is 7.73. The fraction of sp³-hybridized carbons (Fsp3) is 0.571. The second-order valence-corrected chi connectivity index (χ2v) is 4.83. The topological polar surface area (TPSA) is 36.9 Å². The van der Waals surface area contributed by atoms with Crippen LogP contribution < -0.4 is 4.74 Å². The normalized spacial score (nSPS) is 19.3. The van der Waals surface area contributed by atoms with Gasteiger partial charge in [0.15, 0.2) is 6.29 Å². The highest BCUT2D eigenvalue weighted by molar-refractivity contribution is 7.93. The largest absolute Gasteiger partial charge is 0.465 e. The van der Waals surface area contributed by atoms with Gasteiger partial charge < -0.3 is 9.47 Å². The molecular formula is C14H20O4S. The number of benzene rings is 1. The molecule has 1 aliphatic heterocycles. The maximum atomic E-state index is 5.77. The molecule has 0 radical (unpaired) electrons. The molecule has 106 valence electrons. The van der Waals surface area contributed by atoms with E-state index in [0.29, 0.717) is 6.61 Å². The van der Waals surface area contributed by atoms with E-state index in [4.69, 9.17) is 18.7 Å². The summed E-state index contributed by atoms with van der Waals surface area (Å²) in [6.45, 7) is 1.35. The van der Waals surface area contributed by atoms with E-state index >= 15 is 0 Å². The molecule has 1 aliphatic rings. The van der Waals surface area contributed by atoms with E-state index in [1.54, 1.807) is 0 Å². The van der Waals surface area contributed by atoms with Crippen LogP contribution >= 0.6 is 12.0 Å². The molecule has 1 saturated heterocycles. The highest BCUT2D eigenvalue weighted by Gasteiger charge is 2.14. The minimum absolute atomic E-state index is 0.0853. The minimum Gasteiger partial charge on any atom is -0.465 e. The second kappa shape index (κ2) is 8.43. The fourth-order valence-corrected chi connectivity index (χ4v) is 2.10. The van der Waals surface area contributed by atoms with Crippen molar-refractivity contribution in [3.63, 3.8) is 0 Å². The van der Waals surface area contributed by atoms with Crippen LogP contribution in [0, 0.1) is 0 Å². The summed E-state index contributed by atoms with van der Waals surface area (Å²) in [7, 11) is 0. The third kappa shape index (κ3) is 5.40. The molecule has 1 aromatic rings. The lowest BCUT2D eigenvalue weighted by Crippen LogP contribution is -2.24. The molecule has 1 unspecified atom stereocenters. The van der Waals surface area contributed by atoms with Crippen LogP contribution in [0.4, 0.5) is 0 Å². The third-order valence-electron chi connectivity index (χ3n) is 2.92. The van der Waals surface area contributed by atoms with Crippen molar-refractivity contribution in [2.24, 2.45) is 0 Å². The van der Waals surface area contributed by atoms with E-state index < -0.39 is 0 Å². The molecule has 0 bridgehead atoms. The van der Waals surface area contributed by atoms with Crippen LogP contribution in [-0.4, -0.2) is 25.8 Å². The Morgan fingerprint density at radius 2 is 2.11 bits per heavy atom. The highest BCUT2D eigenvalue weighted by atomic mass is 32.2. The quantitative estimate of drug-likeness (QED) is 0.332. The van der Waals surface area contributed by atoms with Gasteiger partial charge in [-0.25, -0.2) is 4.89 Å². The molecule has 2 rings (SSSR count). The molecule has 0 spiro atoms. The summed E-state index contributed by atoms with van der Waals surface area (Å²) < 4.78 is 16.1. The Morgan fingerprint density at radius 3 is 2.79 bits per heavy atom. The molecule has 1 aromatic carbocycles. The number of hydrogen-bond donors (Lipinski definition) is 0. The lowest BCUT2D eigenvalue weighted by Gasteiger charge is -2.23. The molecule has 1 fully saturated rings. The molecule has 1 atom stereocenters. The van der Waals surface area contributed by atoms with Crippen molar-refractivity contribution >= 4 is 12.0 Å². The van der Waals surface area contributed by atoms with E-state index in [0.717, 1.165) is 31.6 Å². The fourth-order valence-electron chi connectivity index (χ4n) is 1.93. The van der Waals surface area contributed by atoms with E-state index in [2.05, 4.69) is 0 Å². The summed E-state index contributed by atoms with van der Waals surface area (Å²) in [5, 5.41) is 0. The van der Waals surface area contributed by atoms with Crippen LogP contribution in [0.15, 0.2) is 24.3 Å². The molecule has 19 heavy (non-hydrogen) atoms. The van der Waals surface area contributed by atoms with Gasteiger partial charge in [0.2, 0.25) is 0 Å². The zero-order valence-electron chi connectivity index (χ0n) is 11.2. The summed E-state index contributed by atoms with van der Waals surface area (Å²) in [6, 6.07) is 8.03. The SMILES string of the molecule is CSOOCCc1ccc(OC2CCCCO2)cc1. The van der Waals surface area contributed by atoms with Gasteiger partial charge in [0.05, 0.1) is 13.2 Å². The Morgan fingerprint density at radius 1 is 1.26 bits per heavy atom. The van der Waals surface area contributed by atoms with Crippen LogP contribution in [-0.2, 0) is 20.4 Å². The summed E-state index contributed by atoms with van der Waals surface area (Å²) in [4.78, 5) is 4.95. The molecule has 5 heteroatoms. The van der Waals surface area contributed by atoms with Gasteiger partial charge in [-0.3, -0.25) is 0 Å². The van der Waals surface area contributed by atoms with E-state index in [9.17, 15) is 0 Å². The summed E-state index contributed by atoms with van der Waals surface area (Å²) in [5.74, 6) is 0.858. The van der Waals surface area contributed by atoms with Gasteiger partial charge in [0.1, 0.15) is 5.75 Å². The summed E-state index contributed by atoms with van der Waals surface area (Å²) >= 11 is 1.20. The lowest BCUT2D eigenvalue weighted by atomic mass is 10.1. The average Bonchev–Trinajstić information content (AvgIpc) is 2.46. The van der Waals surface area contributed by atoms with Crippen LogP contribution in [0.1, 0.15) is 24.8 Å².